The Morgan fingerprint density at radius 1 is 1.32 bits per heavy atom. The second kappa shape index (κ2) is 4.08. The van der Waals surface area contributed by atoms with E-state index < -0.39 is 17.7 Å². The molecule has 1 aliphatic rings. The number of imide groups is 1. The molecule has 0 saturated carbocycles. The fraction of sp³-hybridized carbons (Fsp3) is 0.308. The lowest BCUT2D eigenvalue weighted by Crippen LogP contribution is -2.43. The van der Waals surface area contributed by atoms with Crippen LogP contribution in [0.3, 0.4) is 0 Å². The highest BCUT2D eigenvalue weighted by Crippen LogP contribution is 2.24. The molecular weight excluding hydrogens is 248 g/mol. The van der Waals surface area contributed by atoms with Crippen molar-refractivity contribution < 1.29 is 14.0 Å². The van der Waals surface area contributed by atoms with Crippen molar-refractivity contribution in [3.05, 3.63) is 34.3 Å². The van der Waals surface area contributed by atoms with Crippen LogP contribution in [-0.2, 0) is 9.59 Å². The topological polar surface area (TPSA) is 81.3 Å². The Morgan fingerprint density at radius 2 is 2.11 bits per heavy atom. The van der Waals surface area contributed by atoms with E-state index in [0.29, 0.717) is 17.5 Å². The molecular formula is C13H12N2O4. The molecule has 6 heteroatoms. The quantitative estimate of drug-likeness (QED) is 0.772. The lowest BCUT2D eigenvalue weighted by molar-refractivity contribution is -0.135. The van der Waals surface area contributed by atoms with Gasteiger partial charge in [0, 0.05) is 6.42 Å². The first kappa shape index (κ1) is 11.7. The van der Waals surface area contributed by atoms with Gasteiger partial charge in [-0.1, -0.05) is 12.1 Å². The second-order valence-corrected chi connectivity index (χ2v) is 4.63. The molecule has 6 nitrogen and oxygen atoms in total. The summed E-state index contributed by atoms with van der Waals surface area (Å²) in [5, 5.41) is 2.24. The highest BCUT2D eigenvalue weighted by atomic mass is 16.4. The summed E-state index contributed by atoms with van der Waals surface area (Å²) in [6.45, 7) is 1.83. The molecule has 1 aromatic carbocycles. The van der Waals surface area contributed by atoms with Crippen molar-refractivity contribution in [2.75, 3.05) is 0 Å². The molecule has 3 rings (SSSR count). The Balaban J connectivity index is 2.18. The van der Waals surface area contributed by atoms with Gasteiger partial charge in [0.2, 0.25) is 11.8 Å². The lowest BCUT2D eigenvalue weighted by Gasteiger charge is -2.21. The zero-order valence-electron chi connectivity index (χ0n) is 10.3. The number of nitrogens with zero attached hydrogens (tertiary/aromatic N) is 1. The number of hydrogen-bond acceptors (Lipinski definition) is 4. The molecule has 0 aliphatic carbocycles. The van der Waals surface area contributed by atoms with Crippen LogP contribution < -0.4 is 11.1 Å². The van der Waals surface area contributed by atoms with Crippen molar-refractivity contribution in [2.24, 2.45) is 0 Å². The van der Waals surface area contributed by atoms with Gasteiger partial charge in [-0.3, -0.25) is 19.5 Å². The van der Waals surface area contributed by atoms with Crippen LogP contribution in [0.25, 0.3) is 11.1 Å². The Morgan fingerprint density at radius 3 is 2.84 bits per heavy atom. The van der Waals surface area contributed by atoms with Crippen LogP contribution in [0.5, 0.6) is 0 Å². The summed E-state index contributed by atoms with van der Waals surface area (Å²) < 4.78 is 6.52. The van der Waals surface area contributed by atoms with E-state index in [2.05, 4.69) is 5.32 Å². The normalized spacial score (nSPS) is 19.7. The number of rotatable bonds is 1. The van der Waals surface area contributed by atoms with Crippen molar-refractivity contribution >= 4 is 22.9 Å². The number of piperidine rings is 1. The van der Waals surface area contributed by atoms with Gasteiger partial charge in [-0.25, -0.2) is 4.79 Å². The maximum Gasteiger partial charge on any atom is 0.420 e. The molecule has 1 saturated heterocycles. The second-order valence-electron chi connectivity index (χ2n) is 4.63. The van der Waals surface area contributed by atoms with Gasteiger partial charge in [-0.05, 0) is 25.0 Å². The van der Waals surface area contributed by atoms with Crippen LogP contribution >= 0.6 is 0 Å². The molecule has 0 radical (unpaired) electrons. The summed E-state index contributed by atoms with van der Waals surface area (Å²) >= 11 is 0. The number of aryl methyl sites for hydroxylation is 1. The van der Waals surface area contributed by atoms with Crippen LogP contribution in [-0.4, -0.2) is 16.4 Å². The molecule has 0 unspecified atom stereocenters. The van der Waals surface area contributed by atoms with Crippen molar-refractivity contribution in [2.45, 2.75) is 25.8 Å². The van der Waals surface area contributed by atoms with Crippen molar-refractivity contribution in [1.82, 2.24) is 9.88 Å². The van der Waals surface area contributed by atoms with Crippen molar-refractivity contribution in [3.63, 3.8) is 0 Å². The predicted molar refractivity (Wildman–Crippen MR) is 66.6 cm³/mol. The molecule has 98 valence electrons. The Hall–Kier alpha value is -2.37. The number of aromatic nitrogens is 1. The van der Waals surface area contributed by atoms with Gasteiger partial charge in [-0.2, -0.15) is 0 Å². The van der Waals surface area contributed by atoms with Gasteiger partial charge < -0.3 is 4.42 Å². The number of benzene rings is 1. The molecule has 19 heavy (non-hydrogen) atoms. The van der Waals surface area contributed by atoms with Gasteiger partial charge in [0.05, 0.1) is 5.52 Å². The maximum atomic E-state index is 11.9. The van der Waals surface area contributed by atoms with Gasteiger partial charge in [-0.15, -0.1) is 0 Å². The largest absolute Gasteiger partial charge is 0.420 e. The van der Waals surface area contributed by atoms with Gasteiger partial charge >= 0.3 is 5.76 Å². The third kappa shape index (κ3) is 1.76. The summed E-state index contributed by atoms with van der Waals surface area (Å²) in [4.78, 5) is 34.9. The SMILES string of the molecule is Cc1cccc2c1oc(=O)n2[C@@H]1CCC(=O)NC1=O. The van der Waals surface area contributed by atoms with E-state index in [1.807, 2.05) is 13.0 Å². The number of fused-ring (bicyclic) bond motifs is 1. The highest BCUT2D eigenvalue weighted by Gasteiger charge is 2.31. The molecule has 0 spiro atoms. The number of hydrogen-bond donors (Lipinski definition) is 1. The van der Waals surface area contributed by atoms with Crippen LogP contribution in [0.15, 0.2) is 27.4 Å². The molecule has 2 aromatic rings. The van der Waals surface area contributed by atoms with Crippen LogP contribution in [0.4, 0.5) is 0 Å². The molecule has 2 heterocycles. The van der Waals surface area contributed by atoms with E-state index in [-0.39, 0.29) is 12.3 Å². The minimum atomic E-state index is -0.687. The van der Waals surface area contributed by atoms with Crippen LogP contribution in [0.2, 0.25) is 0 Å². The molecule has 1 fully saturated rings. The molecule has 1 aliphatic heterocycles. The standard InChI is InChI=1S/C13H12N2O4/c1-7-3-2-4-8-11(7)19-13(18)15(8)9-5-6-10(16)14-12(9)17/h2-4,9H,5-6H2,1H3,(H,14,16,17)/t9-/m1/s1. The van der Waals surface area contributed by atoms with E-state index in [0.717, 1.165) is 5.56 Å². The summed E-state index contributed by atoms with van der Waals surface area (Å²) in [6.07, 6.45) is 0.536. The maximum absolute atomic E-state index is 11.9. The molecule has 1 aromatic heterocycles. The summed E-state index contributed by atoms with van der Waals surface area (Å²) in [6, 6.07) is 4.68. The van der Waals surface area contributed by atoms with E-state index >= 15 is 0 Å². The molecule has 0 bridgehead atoms. The lowest BCUT2D eigenvalue weighted by atomic mass is 10.1. The van der Waals surface area contributed by atoms with Crippen LogP contribution in [0, 0.1) is 6.92 Å². The number of carbonyl (C=O) groups excluding carboxylic acids is 2. The number of nitrogens with one attached hydrogen (secondary N) is 1. The average molecular weight is 260 g/mol. The van der Waals surface area contributed by atoms with E-state index in [9.17, 15) is 14.4 Å². The van der Waals surface area contributed by atoms with E-state index in [1.165, 1.54) is 4.57 Å². The van der Waals surface area contributed by atoms with E-state index in [4.69, 9.17) is 4.42 Å². The number of oxazole rings is 1. The zero-order valence-corrected chi connectivity index (χ0v) is 10.3. The predicted octanol–water partition coefficient (Wildman–Crippen LogP) is 0.881. The number of carbonyl (C=O) groups is 2. The van der Waals surface area contributed by atoms with E-state index in [1.54, 1.807) is 12.1 Å². The fourth-order valence-electron chi connectivity index (χ4n) is 2.42. The number of amides is 2. The summed E-state index contributed by atoms with van der Waals surface area (Å²) in [7, 11) is 0. The van der Waals surface area contributed by atoms with Crippen molar-refractivity contribution in [1.29, 1.82) is 0 Å². The van der Waals surface area contributed by atoms with Crippen molar-refractivity contribution in [3.8, 4) is 0 Å². The first-order valence-corrected chi connectivity index (χ1v) is 6.02. The molecule has 1 atom stereocenters. The fourth-order valence-corrected chi connectivity index (χ4v) is 2.42. The zero-order chi connectivity index (χ0) is 13.6. The highest BCUT2D eigenvalue weighted by molar-refractivity contribution is 6.00. The van der Waals surface area contributed by atoms with Gasteiger partial charge in [0.15, 0.2) is 5.58 Å². The average Bonchev–Trinajstić information content (AvgIpc) is 2.68. The summed E-state index contributed by atoms with van der Waals surface area (Å²) in [5.74, 6) is -1.33. The van der Waals surface area contributed by atoms with Gasteiger partial charge in [0.1, 0.15) is 6.04 Å². The van der Waals surface area contributed by atoms with Gasteiger partial charge in [0.25, 0.3) is 0 Å². The van der Waals surface area contributed by atoms with Crippen LogP contribution in [0.1, 0.15) is 24.4 Å². The Kier molecular flexibility index (Phi) is 2.51. The molecule has 2 amide bonds. The Bertz CT molecular complexity index is 741. The summed E-state index contributed by atoms with van der Waals surface area (Å²) in [5.41, 5.74) is 1.90. The third-order valence-corrected chi connectivity index (χ3v) is 3.36. The smallest absolute Gasteiger partial charge is 0.407 e. The number of para-hydroxylation sites is 1. The molecule has 1 N–H and O–H groups in total. The minimum Gasteiger partial charge on any atom is -0.407 e. The minimum absolute atomic E-state index is 0.224. The Labute approximate surface area is 108 Å². The first-order chi connectivity index (χ1) is 9.08. The third-order valence-electron chi connectivity index (χ3n) is 3.36. The first-order valence-electron chi connectivity index (χ1n) is 6.02. The monoisotopic (exact) mass is 260 g/mol.